The lowest BCUT2D eigenvalue weighted by Crippen LogP contribution is -2.39. The van der Waals surface area contributed by atoms with Crippen LogP contribution in [0.15, 0.2) is 47.9 Å². The summed E-state index contributed by atoms with van der Waals surface area (Å²) in [5.74, 6) is 1.96. The smallest absolute Gasteiger partial charge is 0.332 e. The molecule has 0 fully saturated rings. The molecule has 35 nitrogen and oxygen atoms in total. The molecular weight excluding hydrogens is 1370 g/mol. The van der Waals surface area contributed by atoms with E-state index in [0.717, 1.165) is 75.7 Å². The number of nitrogens with zero attached hydrogens (tertiary/aromatic N) is 20. The Hall–Kier alpha value is -9.45. The van der Waals surface area contributed by atoms with Crippen LogP contribution in [-0.2, 0) is 103 Å². The fourth-order valence-electron chi connectivity index (χ4n) is 11.0. The number of imidazole rings is 5. The predicted molar refractivity (Wildman–Crippen MR) is 409 cm³/mol. The summed E-state index contributed by atoms with van der Waals surface area (Å²) >= 11 is 0. The normalized spacial score (nSPS) is 18.2. The van der Waals surface area contributed by atoms with Crippen molar-refractivity contribution in [1.29, 1.82) is 0 Å². The van der Waals surface area contributed by atoms with Crippen LogP contribution in [-0.4, -0.2) is 149 Å². The van der Waals surface area contributed by atoms with Gasteiger partial charge in [0.05, 0.1) is 37.3 Å². The summed E-state index contributed by atoms with van der Waals surface area (Å²) < 4.78 is 177. The fraction of sp³-hybridized carbons (Fsp3) is 0.648. The first-order valence-corrected chi connectivity index (χ1v) is 33.2. The van der Waals surface area contributed by atoms with Crippen LogP contribution in [0.2, 0.25) is 0 Å². The zero-order valence-corrected chi connectivity index (χ0v) is 62.4. The van der Waals surface area contributed by atoms with Crippen LogP contribution in [0.3, 0.4) is 0 Å². The summed E-state index contributed by atoms with van der Waals surface area (Å²) in [6.45, 7) is 7.60. The zero-order valence-electron chi connectivity index (χ0n) is 83.4. The van der Waals surface area contributed by atoms with Crippen LogP contribution in [0, 0.1) is 34.6 Å². The van der Waals surface area contributed by atoms with Crippen molar-refractivity contribution in [2.45, 2.75) is 236 Å². The number of rotatable bonds is 25. The Morgan fingerprint density at radius 2 is 0.443 bits per heavy atom. The first kappa shape index (κ1) is 59.7. The van der Waals surface area contributed by atoms with Crippen molar-refractivity contribution < 1.29 is 54.3 Å². The second-order valence-electron chi connectivity index (χ2n) is 24.8. The minimum atomic E-state index is -2.66. The van der Waals surface area contributed by atoms with Crippen molar-refractivity contribution >= 4 is 55.8 Å². The van der Waals surface area contributed by atoms with Gasteiger partial charge in [-0.15, -0.1) is 0 Å². The minimum absolute atomic E-state index is 0. The van der Waals surface area contributed by atoms with Gasteiger partial charge in [-0.05, 0) is 165 Å². The van der Waals surface area contributed by atoms with E-state index in [1.807, 2.05) is 0 Å². The lowest BCUT2D eigenvalue weighted by Gasteiger charge is -2.09. The molecule has 5 N–H and O–H groups in total. The maximum absolute atomic E-state index is 12.8. The number of aromatic nitrogens is 20. The highest BCUT2D eigenvalue weighted by molar-refractivity contribution is 5.73. The van der Waals surface area contributed by atoms with Crippen LogP contribution >= 0.6 is 0 Å². The van der Waals surface area contributed by atoms with Gasteiger partial charge in [0.2, 0.25) is 0 Å². The lowest BCUT2D eigenvalue weighted by molar-refractivity contribution is 0.179. The predicted octanol–water partition coefficient (Wildman–Crippen LogP) is 2.10. The molecule has 5 atom stereocenters. The molecule has 588 valence electrons. The molecule has 0 saturated carbocycles. The largest absolute Gasteiger partial charge is 0.393 e. The van der Waals surface area contributed by atoms with Gasteiger partial charge >= 0.3 is 28.4 Å². The van der Waals surface area contributed by atoms with Crippen molar-refractivity contribution in [3.05, 3.63) is 133 Å². The van der Waals surface area contributed by atoms with E-state index in [-0.39, 0.29) is 138 Å². The standard InChI is InChI=1S/5C14H22N4O3.CH4/c5*1-9(19)7-5-6-8-18-13(20)11-12(17(4)14(18)21)15-10(2)16(11)3;/h5*9,19H,5-8H2,1-4H3;1H4/t4*9-;;/m1100../s1/i3D3,7D2,9D;7D2,9D;3D3,7D2,9D;2*7D2,9D;. The van der Waals surface area contributed by atoms with E-state index < -0.39 is 132 Å². The highest BCUT2D eigenvalue weighted by Crippen LogP contribution is 2.15. The third-order valence-electron chi connectivity index (χ3n) is 17.1. The molecule has 10 rings (SSSR count). The Labute approximate surface area is 641 Å². The molecular formula is C71H114N20O15. The summed E-state index contributed by atoms with van der Waals surface area (Å²) in [6, 6.07) is 0. The Morgan fingerprint density at radius 1 is 0.292 bits per heavy atom. The number of hydrogen-bond donors (Lipinski definition) is 5. The van der Waals surface area contributed by atoms with Crippen molar-refractivity contribution in [3.63, 3.8) is 0 Å². The maximum atomic E-state index is 12.8. The van der Waals surface area contributed by atoms with Crippen LogP contribution in [0.1, 0.15) is 196 Å². The molecule has 0 saturated heterocycles. The van der Waals surface area contributed by atoms with Crippen molar-refractivity contribution in [1.82, 2.24) is 93.4 Å². The third-order valence-corrected chi connectivity index (χ3v) is 17.1. The molecule has 10 heterocycles. The molecule has 0 spiro atoms. The molecule has 0 aromatic carbocycles. The van der Waals surface area contributed by atoms with Crippen LogP contribution in [0.4, 0.5) is 0 Å². The van der Waals surface area contributed by atoms with Gasteiger partial charge in [-0.25, -0.2) is 48.9 Å². The summed E-state index contributed by atoms with van der Waals surface area (Å²) in [5.41, 5.74) is -4.77. The Morgan fingerprint density at radius 3 is 0.594 bits per heavy atom. The molecule has 1 unspecified atom stereocenters. The van der Waals surface area contributed by atoms with Crippen LogP contribution in [0.25, 0.3) is 55.8 Å². The van der Waals surface area contributed by atoms with Gasteiger partial charge in [-0.3, -0.25) is 69.6 Å². The average Bonchev–Trinajstić information content (AvgIpc) is 1.62. The quantitative estimate of drug-likeness (QED) is 0.0547. The molecule has 10 aromatic heterocycles. The lowest BCUT2D eigenvalue weighted by atomic mass is 10.2. The highest BCUT2D eigenvalue weighted by atomic mass is 16.3. The van der Waals surface area contributed by atoms with Gasteiger partial charge in [0.1, 0.15) is 29.1 Å². The SMILES string of the molecule is C.[2H]C(C)(O)C([2H])([2H])CCCn1c(=O)c2c(nc(C)n2C)n(C)c1=O.[2H]C([2H])(CCCn1c(=O)c2c(nc(C)n2C)n(C)c1=O)[C@@]([2H])(C)O.[2H]C([2H])(CCCn1c(=O)c2c(nc(C)n2C)n(C)c1=O)[C@]([2H])(C)O.[2H]C([2H])([2H])n1c(C)nc2c1c(=O)n(CCCC([2H])([2H])[C@@]([2H])(C)O)c(=O)n2C.[2H]C([2H])([2H])n1c(C)nc2c1c(=O)n(CCCC([2H])([2H])[C@]([2H])(C)O)c(=O)n2C. The zero-order chi connectivity index (χ0) is 97.2. The maximum Gasteiger partial charge on any atom is 0.332 e. The van der Waals surface area contributed by atoms with Crippen molar-refractivity contribution in [3.8, 4) is 0 Å². The van der Waals surface area contributed by atoms with E-state index in [2.05, 4.69) is 24.9 Å². The molecule has 106 heavy (non-hydrogen) atoms. The third kappa shape index (κ3) is 19.6. The van der Waals surface area contributed by atoms with Crippen molar-refractivity contribution in [2.24, 2.45) is 70.3 Å². The fourth-order valence-corrected chi connectivity index (χ4v) is 11.0. The Bertz CT molecular complexity index is 5890. The molecule has 0 aliphatic carbocycles. The van der Waals surface area contributed by atoms with E-state index in [1.165, 1.54) is 62.8 Å². The van der Waals surface area contributed by atoms with Gasteiger partial charge in [0.25, 0.3) is 27.8 Å². The summed E-state index contributed by atoms with van der Waals surface area (Å²) in [6.07, 6.45) is -22.9. The number of aliphatic hydroxyl groups is 5. The monoisotopic (exact) mass is 1510 g/mol. The molecule has 0 aliphatic heterocycles. The highest BCUT2D eigenvalue weighted by Gasteiger charge is 2.22. The Kier molecular flexibility index (Phi) is 21.2. The Balaban J connectivity index is 0.000000281. The van der Waals surface area contributed by atoms with Gasteiger partial charge < -0.3 is 48.4 Å². The van der Waals surface area contributed by atoms with Gasteiger partial charge in [-0.2, -0.15) is 0 Å². The topological polar surface area (TPSA) is 410 Å². The second kappa shape index (κ2) is 37.7. The summed E-state index contributed by atoms with van der Waals surface area (Å²) in [7, 11) is 12.4. The first-order valence-electron chi connectivity index (χ1n) is 43.7. The summed E-state index contributed by atoms with van der Waals surface area (Å²) in [4.78, 5) is 146. The van der Waals surface area contributed by atoms with Crippen LogP contribution in [0.5, 0.6) is 0 Å². The molecule has 0 aliphatic rings. The molecule has 0 amide bonds. The van der Waals surface area contributed by atoms with E-state index >= 15 is 0 Å². The molecule has 10 aromatic rings. The van der Waals surface area contributed by atoms with Crippen molar-refractivity contribution in [2.75, 3.05) is 0 Å². The number of aryl methyl sites for hydroxylation is 15. The summed E-state index contributed by atoms with van der Waals surface area (Å²) in [5, 5.41) is 47.7. The average molecular weight is 1510 g/mol. The first-order chi connectivity index (χ1) is 56.8. The van der Waals surface area contributed by atoms with E-state index in [9.17, 15) is 73.5 Å². The minimum Gasteiger partial charge on any atom is -0.393 e. The van der Waals surface area contributed by atoms with Gasteiger partial charge in [0.15, 0.2) is 55.8 Å². The molecule has 35 heteroatoms. The molecule has 0 bridgehead atoms. The van der Waals surface area contributed by atoms with Crippen LogP contribution < -0.4 is 56.2 Å². The van der Waals surface area contributed by atoms with Gasteiger partial charge in [0, 0.05) is 125 Å². The number of fused-ring (bicyclic) bond motifs is 5. The second-order valence-corrected chi connectivity index (χ2v) is 24.8. The van der Waals surface area contributed by atoms with E-state index in [4.69, 9.17) is 28.8 Å². The molecule has 0 radical (unpaired) electrons. The van der Waals surface area contributed by atoms with E-state index in [1.54, 1.807) is 55.6 Å². The van der Waals surface area contributed by atoms with Gasteiger partial charge in [-0.1, -0.05) is 7.43 Å². The van der Waals surface area contributed by atoms with E-state index in [0.29, 0.717) is 51.0 Å². The number of hydrogen-bond acceptors (Lipinski definition) is 20.